The molecule has 64 valence electrons. The molecule has 1 unspecified atom stereocenters. The maximum atomic E-state index is 8.74. The summed E-state index contributed by atoms with van der Waals surface area (Å²) in [4.78, 5) is 0. The Balaban J connectivity index is 2.31. The second kappa shape index (κ2) is 3.15. The largest absolute Gasteiger partial charge is 0.451 e. The first kappa shape index (κ1) is 9.08. The fraction of sp³-hybridized carbons (Fsp3) is 1.00. The lowest BCUT2D eigenvalue weighted by atomic mass is 9.76. The van der Waals surface area contributed by atoms with E-state index in [9.17, 15) is 0 Å². The van der Waals surface area contributed by atoms with Crippen molar-refractivity contribution in [1.29, 1.82) is 0 Å². The van der Waals surface area contributed by atoms with Crippen LogP contribution in [-0.2, 0) is 0 Å². The van der Waals surface area contributed by atoms with Gasteiger partial charge in [-0.1, -0.05) is 20.3 Å². The molecule has 1 atom stereocenters. The van der Waals surface area contributed by atoms with Gasteiger partial charge in [0.15, 0.2) is 0 Å². The van der Waals surface area contributed by atoms with Crippen molar-refractivity contribution in [2.45, 2.75) is 39.4 Å². The zero-order valence-electron chi connectivity index (χ0n) is 7.38. The van der Waals surface area contributed by atoms with Crippen molar-refractivity contribution in [3.63, 3.8) is 0 Å². The van der Waals surface area contributed by atoms with Crippen LogP contribution in [-0.4, -0.2) is 17.2 Å². The Morgan fingerprint density at radius 2 is 2.09 bits per heavy atom. The lowest BCUT2D eigenvalue weighted by Gasteiger charge is -2.16. The molecule has 0 saturated heterocycles. The Morgan fingerprint density at radius 1 is 1.45 bits per heavy atom. The predicted octanol–water partition coefficient (Wildman–Crippen LogP) is 1.29. The summed E-state index contributed by atoms with van der Waals surface area (Å²) >= 11 is 0. The smallest absolute Gasteiger partial charge is 0.427 e. The first-order valence-electron chi connectivity index (χ1n) is 4.36. The summed E-state index contributed by atoms with van der Waals surface area (Å²) in [6, 6.07) is 0. The van der Waals surface area contributed by atoms with E-state index in [1.165, 1.54) is 6.42 Å². The summed E-state index contributed by atoms with van der Waals surface area (Å²) in [5, 5.41) is 17.5. The van der Waals surface area contributed by atoms with Gasteiger partial charge < -0.3 is 10.0 Å². The molecule has 2 N–H and O–H groups in total. The third-order valence-corrected chi connectivity index (χ3v) is 2.61. The zero-order valence-corrected chi connectivity index (χ0v) is 7.38. The van der Waals surface area contributed by atoms with Crippen molar-refractivity contribution in [2.75, 3.05) is 0 Å². The predicted molar refractivity (Wildman–Crippen MR) is 46.1 cm³/mol. The average molecular weight is 156 g/mol. The average Bonchev–Trinajstić information content (AvgIpc) is 2.08. The van der Waals surface area contributed by atoms with Gasteiger partial charge in [-0.05, 0) is 30.5 Å². The molecule has 1 aliphatic carbocycles. The van der Waals surface area contributed by atoms with Gasteiger partial charge >= 0.3 is 7.12 Å². The quantitative estimate of drug-likeness (QED) is 0.591. The third kappa shape index (κ3) is 2.84. The molecular formula is C8H17BO2. The summed E-state index contributed by atoms with van der Waals surface area (Å²) in [5.41, 5.74) is 0.430. The molecule has 0 aromatic rings. The Bertz CT molecular complexity index is 134. The Kier molecular flexibility index (Phi) is 2.60. The fourth-order valence-corrected chi connectivity index (χ4v) is 2.08. The molecule has 0 spiro atoms. The molecule has 0 bridgehead atoms. The van der Waals surface area contributed by atoms with Gasteiger partial charge in [-0.3, -0.25) is 0 Å². The molecule has 0 aliphatic heterocycles. The van der Waals surface area contributed by atoms with Crippen molar-refractivity contribution in [3.8, 4) is 0 Å². The van der Waals surface area contributed by atoms with E-state index < -0.39 is 7.12 Å². The van der Waals surface area contributed by atoms with Gasteiger partial charge in [-0.25, -0.2) is 0 Å². The molecule has 1 rings (SSSR count). The molecule has 0 radical (unpaired) electrons. The van der Waals surface area contributed by atoms with E-state index in [0.29, 0.717) is 17.7 Å². The maximum absolute atomic E-state index is 8.74. The van der Waals surface area contributed by atoms with Crippen molar-refractivity contribution in [3.05, 3.63) is 0 Å². The highest BCUT2D eigenvalue weighted by Gasteiger charge is 2.32. The molecule has 0 aromatic heterocycles. The second-order valence-electron chi connectivity index (χ2n) is 4.49. The minimum atomic E-state index is -1.10. The second-order valence-corrected chi connectivity index (χ2v) is 4.49. The minimum Gasteiger partial charge on any atom is -0.427 e. The molecule has 0 amide bonds. The summed E-state index contributed by atoms with van der Waals surface area (Å²) in [6.45, 7) is 4.49. The molecule has 0 aromatic carbocycles. The highest BCUT2D eigenvalue weighted by molar-refractivity contribution is 6.41. The maximum Gasteiger partial charge on any atom is 0.451 e. The van der Waals surface area contributed by atoms with Crippen molar-refractivity contribution < 1.29 is 10.0 Å². The van der Waals surface area contributed by atoms with Crippen LogP contribution in [0.1, 0.15) is 33.1 Å². The van der Waals surface area contributed by atoms with Gasteiger partial charge in [0.05, 0.1) is 0 Å². The highest BCUT2D eigenvalue weighted by atomic mass is 16.4. The van der Waals surface area contributed by atoms with Crippen LogP contribution < -0.4 is 0 Å². The van der Waals surface area contributed by atoms with Gasteiger partial charge in [0, 0.05) is 0 Å². The molecule has 1 saturated carbocycles. The highest BCUT2D eigenvalue weighted by Crippen LogP contribution is 2.42. The molecule has 11 heavy (non-hydrogen) atoms. The standard InChI is InChI=1S/C8H17BO2/c1-8(2)4-3-7(5-8)6-9(10)11/h7,10-11H,3-6H2,1-2H3. The molecule has 0 heterocycles. The molecular weight excluding hydrogens is 139 g/mol. The Hall–Kier alpha value is -0.0151. The van der Waals surface area contributed by atoms with Crippen LogP contribution in [0.3, 0.4) is 0 Å². The van der Waals surface area contributed by atoms with Crippen LogP contribution in [0.4, 0.5) is 0 Å². The molecule has 1 fully saturated rings. The SMILES string of the molecule is CC1(C)CCC(CB(O)O)C1. The summed E-state index contributed by atoms with van der Waals surface area (Å²) < 4.78 is 0. The molecule has 2 nitrogen and oxygen atoms in total. The molecule has 1 aliphatic rings. The topological polar surface area (TPSA) is 40.5 Å². The lowest BCUT2D eigenvalue weighted by molar-refractivity contribution is 0.351. The van der Waals surface area contributed by atoms with Gasteiger partial charge in [0.25, 0.3) is 0 Å². The van der Waals surface area contributed by atoms with Crippen LogP contribution in [0, 0.1) is 11.3 Å². The van der Waals surface area contributed by atoms with E-state index in [0.717, 1.165) is 12.8 Å². The van der Waals surface area contributed by atoms with Gasteiger partial charge in [-0.2, -0.15) is 0 Å². The summed E-state index contributed by atoms with van der Waals surface area (Å²) in [7, 11) is -1.10. The van der Waals surface area contributed by atoms with E-state index in [1.54, 1.807) is 0 Å². The van der Waals surface area contributed by atoms with Crippen molar-refractivity contribution in [2.24, 2.45) is 11.3 Å². The van der Waals surface area contributed by atoms with Gasteiger partial charge in [0.2, 0.25) is 0 Å². The lowest BCUT2D eigenvalue weighted by Crippen LogP contribution is -2.15. The van der Waals surface area contributed by atoms with Gasteiger partial charge in [-0.15, -0.1) is 0 Å². The van der Waals surface area contributed by atoms with Crippen LogP contribution in [0.25, 0.3) is 0 Å². The van der Waals surface area contributed by atoms with Crippen LogP contribution >= 0.6 is 0 Å². The van der Waals surface area contributed by atoms with E-state index in [1.807, 2.05) is 0 Å². The van der Waals surface area contributed by atoms with Crippen LogP contribution in [0.2, 0.25) is 6.32 Å². The third-order valence-electron chi connectivity index (χ3n) is 2.61. The van der Waals surface area contributed by atoms with Crippen molar-refractivity contribution >= 4 is 7.12 Å². The summed E-state index contributed by atoms with van der Waals surface area (Å²) in [5.74, 6) is 0.532. The zero-order chi connectivity index (χ0) is 8.48. The normalized spacial score (nSPS) is 28.9. The Labute approximate surface area is 68.8 Å². The van der Waals surface area contributed by atoms with Gasteiger partial charge in [0.1, 0.15) is 0 Å². The van der Waals surface area contributed by atoms with Crippen LogP contribution in [0.5, 0.6) is 0 Å². The first-order valence-corrected chi connectivity index (χ1v) is 4.36. The monoisotopic (exact) mass is 156 g/mol. The number of rotatable bonds is 2. The summed E-state index contributed by atoms with van der Waals surface area (Å²) in [6.07, 6.45) is 4.09. The minimum absolute atomic E-state index is 0.430. The van der Waals surface area contributed by atoms with E-state index in [4.69, 9.17) is 10.0 Å². The van der Waals surface area contributed by atoms with E-state index in [-0.39, 0.29) is 0 Å². The number of hydrogen-bond acceptors (Lipinski definition) is 2. The van der Waals surface area contributed by atoms with E-state index >= 15 is 0 Å². The van der Waals surface area contributed by atoms with Crippen LogP contribution in [0.15, 0.2) is 0 Å². The Morgan fingerprint density at radius 3 is 2.45 bits per heavy atom. The fourth-order valence-electron chi connectivity index (χ4n) is 2.08. The first-order chi connectivity index (χ1) is 4.99. The number of hydrogen-bond donors (Lipinski definition) is 2. The molecule has 3 heteroatoms. The van der Waals surface area contributed by atoms with E-state index in [2.05, 4.69) is 13.8 Å². The van der Waals surface area contributed by atoms with Crippen molar-refractivity contribution in [1.82, 2.24) is 0 Å².